The average molecular weight is 378 g/mol. The molecule has 2 aliphatic rings. The molecule has 1 N–H and O–H groups in total. The molecule has 146 valence electrons. The molecule has 0 unspecified atom stereocenters. The molecule has 5 nitrogen and oxygen atoms in total. The first-order chi connectivity index (χ1) is 12.8. The van der Waals surface area contributed by atoms with Crippen LogP contribution >= 0.6 is 11.3 Å². The van der Waals surface area contributed by atoms with Crippen LogP contribution < -0.4 is 10.2 Å². The van der Waals surface area contributed by atoms with Gasteiger partial charge in [-0.25, -0.2) is 0 Å². The molecule has 2 aliphatic heterocycles. The highest BCUT2D eigenvalue weighted by Crippen LogP contribution is 2.23. The Labute approximate surface area is 163 Å². The summed E-state index contributed by atoms with van der Waals surface area (Å²) in [5, 5.41) is 7.07. The normalized spacial score (nSPS) is 20.6. The summed E-state index contributed by atoms with van der Waals surface area (Å²) >= 11 is 1.84. The summed E-state index contributed by atoms with van der Waals surface area (Å²) in [7, 11) is 0. The van der Waals surface area contributed by atoms with Gasteiger partial charge in [-0.3, -0.25) is 4.99 Å². The zero-order chi connectivity index (χ0) is 18.2. The Kier molecular flexibility index (Phi) is 7.62. The van der Waals surface area contributed by atoms with Crippen molar-refractivity contribution in [2.24, 2.45) is 10.9 Å². The molecular weight excluding hydrogens is 342 g/mol. The Morgan fingerprint density at radius 2 is 1.92 bits per heavy atom. The Morgan fingerprint density at radius 1 is 1.15 bits per heavy atom. The molecule has 3 rings (SSSR count). The van der Waals surface area contributed by atoms with Gasteiger partial charge in [0.1, 0.15) is 0 Å². The average Bonchev–Trinajstić information content (AvgIpc) is 3.23. The van der Waals surface area contributed by atoms with E-state index in [1.54, 1.807) is 0 Å². The minimum Gasteiger partial charge on any atom is -0.360 e. The lowest BCUT2D eigenvalue weighted by Gasteiger charge is -2.37. The second kappa shape index (κ2) is 10.2. The molecular formula is C20H35N5S. The fraction of sp³-hybridized carbons (Fsp3) is 0.750. The SMILES string of the molecule is CCNC(=NCCC1CCN(CC)CC1)N1CCN(c2cccs2)CC1. The second-order valence-corrected chi connectivity index (χ2v) is 8.25. The van der Waals surface area contributed by atoms with Crippen molar-refractivity contribution in [1.29, 1.82) is 0 Å². The first-order valence-corrected chi connectivity index (χ1v) is 11.2. The van der Waals surface area contributed by atoms with Crippen LogP contribution in [0.15, 0.2) is 22.5 Å². The molecule has 0 aliphatic carbocycles. The van der Waals surface area contributed by atoms with Crippen LogP contribution in [-0.4, -0.2) is 74.7 Å². The van der Waals surface area contributed by atoms with Crippen molar-refractivity contribution in [2.45, 2.75) is 33.1 Å². The number of piperidine rings is 1. The molecule has 3 heterocycles. The summed E-state index contributed by atoms with van der Waals surface area (Å²) in [6.45, 7) is 14.4. The summed E-state index contributed by atoms with van der Waals surface area (Å²) in [6.07, 6.45) is 3.93. The van der Waals surface area contributed by atoms with E-state index in [0.717, 1.165) is 51.1 Å². The van der Waals surface area contributed by atoms with Gasteiger partial charge in [0.05, 0.1) is 5.00 Å². The maximum Gasteiger partial charge on any atom is 0.194 e. The number of rotatable bonds is 6. The van der Waals surface area contributed by atoms with E-state index < -0.39 is 0 Å². The van der Waals surface area contributed by atoms with Gasteiger partial charge in [-0.1, -0.05) is 6.92 Å². The minimum absolute atomic E-state index is 0.861. The standard InChI is InChI=1S/C20H35N5S/c1-3-21-20(22-10-7-18-8-11-23(4-2)12-9-18)25-15-13-24(14-16-25)19-6-5-17-26-19/h5-6,17-18H,3-4,7-16H2,1-2H3,(H,21,22). The summed E-state index contributed by atoms with van der Waals surface area (Å²) in [4.78, 5) is 12.5. The van der Waals surface area contributed by atoms with Gasteiger partial charge in [-0.2, -0.15) is 0 Å². The molecule has 0 aromatic carbocycles. The second-order valence-electron chi connectivity index (χ2n) is 7.33. The zero-order valence-electron chi connectivity index (χ0n) is 16.5. The van der Waals surface area contributed by atoms with E-state index >= 15 is 0 Å². The van der Waals surface area contributed by atoms with Gasteiger partial charge < -0.3 is 20.0 Å². The molecule has 1 aromatic heterocycles. The first kappa shape index (κ1) is 19.5. The van der Waals surface area contributed by atoms with Gasteiger partial charge in [0, 0.05) is 39.3 Å². The Morgan fingerprint density at radius 3 is 2.54 bits per heavy atom. The van der Waals surface area contributed by atoms with E-state index in [-0.39, 0.29) is 0 Å². The first-order valence-electron chi connectivity index (χ1n) is 10.3. The fourth-order valence-electron chi connectivity index (χ4n) is 3.96. The van der Waals surface area contributed by atoms with Crippen LogP contribution in [0.5, 0.6) is 0 Å². The summed E-state index contributed by atoms with van der Waals surface area (Å²) in [5.74, 6) is 1.98. The van der Waals surface area contributed by atoms with Crippen molar-refractivity contribution in [2.75, 3.05) is 63.8 Å². The summed E-state index contributed by atoms with van der Waals surface area (Å²) in [5.41, 5.74) is 0. The van der Waals surface area contributed by atoms with Crippen LogP contribution in [-0.2, 0) is 0 Å². The maximum absolute atomic E-state index is 4.96. The highest BCUT2D eigenvalue weighted by molar-refractivity contribution is 7.14. The van der Waals surface area contributed by atoms with Gasteiger partial charge in [0.25, 0.3) is 0 Å². The van der Waals surface area contributed by atoms with E-state index in [9.17, 15) is 0 Å². The molecule has 6 heteroatoms. The molecule has 1 aromatic rings. The van der Waals surface area contributed by atoms with Gasteiger partial charge in [0.15, 0.2) is 5.96 Å². The lowest BCUT2D eigenvalue weighted by atomic mass is 9.94. The van der Waals surface area contributed by atoms with Crippen molar-refractivity contribution >= 4 is 22.3 Å². The lowest BCUT2D eigenvalue weighted by molar-refractivity contribution is 0.188. The number of nitrogens with one attached hydrogen (secondary N) is 1. The number of anilines is 1. The van der Waals surface area contributed by atoms with Crippen LogP contribution in [0, 0.1) is 5.92 Å². The molecule has 26 heavy (non-hydrogen) atoms. The Hall–Kier alpha value is -1.27. The molecule has 0 saturated carbocycles. The van der Waals surface area contributed by atoms with Crippen LogP contribution in [0.25, 0.3) is 0 Å². The fourth-order valence-corrected chi connectivity index (χ4v) is 4.74. The molecule has 2 fully saturated rings. The number of nitrogens with zero attached hydrogens (tertiary/aromatic N) is 4. The number of guanidine groups is 1. The summed E-state index contributed by atoms with van der Waals surface area (Å²) in [6, 6.07) is 4.37. The van der Waals surface area contributed by atoms with Gasteiger partial charge in [-0.15, -0.1) is 11.3 Å². The third-order valence-electron chi connectivity index (χ3n) is 5.69. The number of hydrogen-bond acceptors (Lipinski definition) is 4. The molecule has 0 bridgehead atoms. The smallest absolute Gasteiger partial charge is 0.194 e. The molecule has 2 saturated heterocycles. The number of piperazine rings is 1. The monoisotopic (exact) mass is 377 g/mol. The molecule has 0 spiro atoms. The maximum atomic E-state index is 4.96. The van der Waals surface area contributed by atoms with Gasteiger partial charge >= 0.3 is 0 Å². The van der Waals surface area contributed by atoms with E-state index in [2.05, 4.69) is 51.4 Å². The topological polar surface area (TPSA) is 34.1 Å². The highest BCUT2D eigenvalue weighted by Gasteiger charge is 2.21. The zero-order valence-corrected chi connectivity index (χ0v) is 17.3. The van der Waals surface area contributed by atoms with Crippen molar-refractivity contribution in [1.82, 2.24) is 15.1 Å². The van der Waals surface area contributed by atoms with E-state index in [1.165, 1.54) is 43.9 Å². The van der Waals surface area contributed by atoms with Crippen molar-refractivity contribution in [3.8, 4) is 0 Å². The van der Waals surface area contributed by atoms with Crippen molar-refractivity contribution in [3.05, 3.63) is 17.5 Å². The number of hydrogen-bond donors (Lipinski definition) is 1. The minimum atomic E-state index is 0.861. The largest absolute Gasteiger partial charge is 0.360 e. The number of aliphatic imine (C=N–C) groups is 1. The quantitative estimate of drug-likeness (QED) is 0.610. The van der Waals surface area contributed by atoms with Crippen molar-refractivity contribution in [3.63, 3.8) is 0 Å². The summed E-state index contributed by atoms with van der Waals surface area (Å²) < 4.78 is 0. The van der Waals surface area contributed by atoms with E-state index in [0.29, 0.717) is 0 Å². The van der Waals surface area contributed by atoms with Crippen LogP contribution in [0.4, 0.5) is 5.00 Å². The molecule has 0 amide bonds. The third kappa shape index (κ3) is 5.36. The van der Waals surface area contributed by atoms with E-state index in [4.69, 9.17) is 4.99 Å². The number of thiophene rings is 1. The predicted molar refractivity (Wildman–Crippen MR) is 114 cm³/mol. The molecule has 0 radical (unpaired) electrons. The van der Waals surface area contributed by atoms with E-state index in [1.807, 2.05) is 11.3 Å². The van der Waals surface area contributed by atoms with Gasteiger partial charge in [-0.05, 0) is 69.3 Å². The Balaban J connectivity index is 1.45. The predicted octanol–water partition coefficient (Wildman–Crippen LogP) is 2.96. The van der Waals surface area contributed by atoms with Crippen LogP contribution in [0.3, 0.4) is 0 Å². The van der Waals surface area contributed by atoms with Crippen LogP contribution in [0.1, 0.15) is 33.1 Å². The third-order valence-corrected chi connectivity index (χ3v) is 6.61. The van der Waals surface area contributed by atoms with Gasteiger partial charge in [0.2, 0.25) is 0 Å². The lowest BCUT2D eigenvalue weighted by Crippen LogP contribution is -2.52. The van der Waals surface area contributed by atoms with Crippen LogP contribution in [0.2, 0.25) is 0 Å². The number of likely N-dealkylation sites (tertiary alicyclic amines) is 1. The van der Waals surface area contributed by atoms with Crippen molar-refractivity contribution < 1.29 is 0 Å². The Bertz CT molecular complexity index is 528. The highest BCUT2D eigenvalue weighted by atomic mass is 32.1. The molecule has 0 atom stereocenters.